The van der Waals surface area contributed by atoms with Crippen LogP contribution in [-0.4, -0.2) is 83.8 Å². The van der Waals surface area contributed by atoms with Crippen LogP contribution in [0.4, 0.5) is 5.69 Å². The first kappa shape index (κ1) is 25.5. The molecule has 1 aromatic rings. The molecular weight excluding hydrogens is 443 g/mol. The number of amides is 1. The molecular formula is C18H29Cl3N4O2S. The lowest BCUT2D eigenvalue weighted by molar-refractivity contribution is -0.131. The number of halogens is 3. The molecule has 3 saturated heterocycles. The molecule has 2 atom stereocenters. The maximum Gasteiger partial charge on any atom is 0.240 e. The Hall–Kier alpha value is -0.570. The Morgan fingerprint density at radius 2 is 1.71 bits per heavy atom. The van der Waals surface area contributed by atoms with E-state index in [9.17, 15) is 9.90 Å². The Morgan fingerprint density at radius 3 is 2.32 bits per heavy atom. The van der Waals surface area contributed by atoms with Crippen LogP contribution in [0.1, 0.15) is 6.42 Å². The van der Waals surface area contributed by atoms with Crippen LogP contribution in [-0.2, 0) is 4.79 Å². The van der Waals surface area contributed by atoms with E-state index in [2.05, 4.69) is 15.1 Å². The molecule has 0 unspecified atom stereocenters. The van der Waals surface area contributed by atoms with Gasteiger partial charge in [-0.3, -0.25) is 9.69 Å². The van der Waals surface area contributed by atoms with Crippen molar-refractivity contribution in [3.63, 3.8) is 0 Å². The first-order valence-corrected chi connectivity index (χ1v) is 10.2. The van der Waals surface area contributed by atoms with E-state index in [1.807, 2.05) is 28.8 Å². The van der Waals surface area contributed by atoms with Crippen LogP contribution < -0.4 is 10.2 Å². The number of hydrogen-bond donors (Lipinski definition) is 2. The standard InChI is InChI=1S/C18H26N4O2S.3ClH/c23-16-3-1-14(2-4-16)20-5-7-21(8-6-20)15-11-17(19-12-15)18(24)22-9-10-25-13-22;;;/h1-4,15,17,19,23H,5-13H2;3*1H/t15-,17-;;;/m0.../s1. The second kappa shape index (κ2) is 11.6. The van der Waals surface area contributed by atoms with Gasteiger partial charge < -0.3 is 20.2 Å². The number of nitrogens with one attached hydrogen (secondary N) is 1. The summed E-state index contributed by atoms with van der Waals surface area (Å²) in [6, 6.07) is 7.91. The largest absolute Gasteiger partial charge is 0.508 e. The summed E-state index contributed by atoms with van der Waals surface area (Å²) in [6.07, 6.45) is 0.930. The first-order valence-electron chi connectivity index (χ1n) is 9.08. The third kappa shape index (κ3) is 5.74. The Kier molecular flexibility index (Phi) is 10.5. The number of rotatable bonds is 3. The van der Waals surface area contributed by atoms with E-state index in [0.717, 1.165) is 57.3 Å². The minimum absolute atomic E-state index is 0. The second-order valence-corrected chi connectivity index (χ2v) is 8.10. The number of piperazine rings is 1. The van der Waals surface area contributed by atoms with Gasteiger partial charge in [-0.15, -0.1) is 49.0 Å². The lowest BCUT2D eigenvalue weighted by atomic mass is 10.1. The van der Waals surface area contributed by atoms with Gasteiger partial charge in [-0.05, 0) is 30.7 Å². The molecule has 3 heterocycles. The molecule has 1 aromatic carbocycles. The number of thioether (sulfide) groups is 1. The Bertz CT molecular complexity index is 611. The smallest absolute Gasteiger partial charge is 0.240 e. The molecule has 0 saturated carbocycles. The summed E-state index contributed by atoms with van der Waals surface area (Å²) in [5, 5.41) is 12.9. The summed E-state index contributed by atoms with van der Waals surface area (Å²) in [7, 11) is 0. The maximum atomic E-state index is 12.5. The van der Waals surface area contributed by atoms with E-state index >= 15 is 0 Å². The third-order valence-corrected chi connectivity index (χ3v) is 6.48. The fourth-order valence-electron chi connectivity index (χ4n) is 4.00. The van der Waals surface area contributed by atoms with Gasteiger partial charge in [-0.2, -0.15) is 0 Å². The van der Waals surface area contributed by atoms with Crippen molar-refractivity contribution in [2.24, 2.45) is 0 Å². The van der Waals surface area contributed by atoms with E-state index in [0.29, 0.717) is 11.8 Å². The number of hydrogen-bond acceptors (Lipinski definition) is 6. The lowest BCUT2D eigenvalue weighted by Gasteiger charge is -2.39. The number of aromatic hydroxyl groups is 1. The predicted molar refractivity (Wildman–Crippen MR) is 123 cm³/mol. The van der Waals surface area contributed by atoms with Crippen LogP contribution in [0.25, 0.3) is 0 Å². The molecule has 3 aliphatic rings. The molecule has 0 aliphatic carbocycles. The average molecular weight is 472 g/mol. The maximum absolute atomic E-state index is 12.5. The van der Waals surface area contributed by atoms with E-state index in [4.69, 9.17) is 0 Å². The van der Waals surface area contributed by atoms with Gasteiger partial charge in [0.05, 0.1) is 11.9 Å². The van der Waals surface area contributed by atoms with Crippen molar-refractivity contribution < 1.29 is 9.90 Å². The summed E-state index contributed by atoms with van der Waals surface area (Å²) in [5.41, 5.74) is 1.17. The predicted octanol–water partition coefficient (Wildman–Crippen LogP) is 2.04. The number of carbonyl (C=O) groups excluding carboxylic acids is 1. The minimum Gasteiger partial charge on any atom is -0.508 e. The summed E-state index contributed by atoms with van der Waals surface area (Å²) < 4.78 is 0. The van der Waals surface area contributed by atoms with Gasteiger partial charge in [-0.25, -0.2) is 0 Å². The molecule has 1 amide bonds. The van der Waals surface area contributed by atoms with Crippen molar-refractivity contribution in [2.45, 2.75) is 18.5 Å². The molecule has 0 spiro atoms. The second-order valence-electron chi connectivity index (χ2n) is 7.03. The zero-order valence-corrected chi connectivity index (χ0v) is 18.9. The van der Waals surface area contributed by atoms with Gasteiger partial charge in [-0.1, -0.05) is 0 Å². The topological polar surface area (TPSA) is 59.1 Å². The average Bonchev–Trinajstić information content (AvgIpc) is 3.34. The number of nitrogens with zero attached hydrogens (tertiary/aromatic N) is 3. The molecule has 2 N–H and O–H groups in total. The van der Waals surface area contributed by atoms with Gasteiger partial charge in [0, 0.05) is 56.8 Å². The molecule has 3 fully saturated rings. The van der Waals surface area contributed by atoms with Crippen molar-refractivity contribution in [2.75, 3.05) is 55.8 Å². The molecule has 6 nitrogen and oxygen atoms in total. The Labute approximate surface area is 189 Å². The lowest BCUT2D eigenvalue weighted by Crippen LogP contribution is -2.51. The molecule has 0 bridgehead atoms. The van der Waals surface area contributed by atoms with E-state index < -0.39 is 0 Å². The quantitative estimate of drug-likeness (QED) is 0.704. The van der Waals surface area contributed by atoms with Crippen LogP contribution in [0.5, 0.6) is 5.75 Å². The van der Waals surface area contributed by atoms with Gasteiger partial charge in [0.15, 0.2) is 0 Å². The number of carbonyl (C=O) groups is 1. The SMILES string of the molecule is Cl.Cl.Cl.O=C([C@@H]1C[C@H](N2CCN(c3ccc(O)cc3)CC2)CN1)N1CCSC1. The normalized spacial score (nSPS) is 24.9. The fourth-order valence-corrected chi connectivity index (χ4v) is 4.96. The molecule has 160 valence electrons. The van der Waals surface area contributed by atoms with Crippen molar-refractivity contribution in [3.05, 3.63) is 24.3 Å². The summed E-state index contributed by atoms with van der Waals surface area (Å²) in [5.74, 6) is 2.52. The van der Waals surface area contributed by atoms with Gasteiger partial charge >= 0.3 is 0 Å². The van der Waals surface area contributed by atoms with E-state index in [1.54, 1.807) is 12.1 Å². The third-order valence-electron chi connectivity index (χ3n) is 5.52. The molecule has 28 heavy (non-hydrogen) atoms. The van der Waals surface area contributed by atoms with Crippen molar-refractivity contribution >= 4 is 60.6 Å². The summed E-state index contributed by atoms with van der Waals surface area (Å²) in [4.78, 5) is 19.4. The van der Waals surface area contributed by atoms with Crippen molar-refractivity contribution in [1.82, 2.24) is 15.1 Å². The van der Waals surface area contributed by atoms with Crippen LogP contribution in [0.3, 0.4) is 0 Å². The van der Waals surface area contributed by atoms with E-state index in [-0.39, 0.29) is 49.2 Å². The van der Waals surface area contributed by atoms with Gasteiger partial charge in [0.25, 0.3) is 0 Å². The summed E-state index contributed by atoms with van der Waals surface area (Å²) in [6.45, 7) is 5.83. The Morgan fingerprint density at radius 1 is 1.04 bits per heavy atom. The van der Waals surface area contributed by atoms with Crippen LogP contribution in [0, 0.1) is 0 Å². The number of phenolic OH excluding ortho intramolecular Hbond substituents is 1. The molecule has 0 aromatic heterocycles. The first-order chi connectivity index (χ1) is 12.2. The van der Waals surface area contributed by atoms with E-state index in [1.165, 1.54) is 5.69 Å². The zero-order chi connectivity index (χ0) is 17.2. The fraction of sp³-hybridized carbons (Fsp3) is 0.611. The van der Waals surface area contributed by atoms with Crippen LogP contribution in [0.2, 0.25) is 0 Å². The molecule has 4 rings (SSSR count). The highest BCUT2D eigenvalue weighted by molar-refractivity contribution is 7.99. The minimum atomic E-state index is -0.00109. The Balaban J connectivity index is 0.00000131. The van der Waals surface area contributed by atoms with Crippen molar-refractivity contribution in [1.29, 1.82) is 0 Å². The van der Waals surface area contributed by atoms with Crippen LogP contribution in [0.15, 0.2) is 24.3 Å². The van der Waals surface area contributed by atoms with Gasteiger partial charge in [0.2, 0.25) is 5.91 Å². The monoisotopic (exact) mass is 470 g/mol. The van der Waals surface area contributed by atoms with Gasteiger partial charge in [0.1, 0.15) is 5.75 Å². The highest BCUT2D eigenvalue weighted by Gasteiger charge is 2.36. The molecule has 0 radical (unpaired) electrons. The molecule has 3 aliphatic heterocycles. The number of phenols is 1. The highest BCUT2D eigenvalue weighted by Crippen LogP contribution is 2.23. The number of benzene rings is 1. The van der Waals surface area contributed by atoms with Crippen molar-refractivity contribution in [3.8, 4) is 5.75 Å². The molecule has 10 heteroatoms. The van der Waals surface area contributed by atoms with Crippen LogP contribution >= 0.6 is 49.0 Å². The summed E-state index contributed by atoms with van der Waals surface area (Å²) >= 11 is 1.84. The number of anilines is 1. The zero-order valence-electron chi connectivity index (χ0n) is 15.7. The highest BCUT2D eigenvalue weighted by atomic mass is 35.5.